The van der Waals surface area contributed by atoms with E-state index in [1.54, 1.807) is 0 Å². The second-order valence-electron chi connectivity index (χ2n) is 7.49. The van der Waals surface area contributed by atoms with Crippen molar-refractivity contribution in [3.8, 4) is 0 Å². The molecule has 0 saturated carbocycles. The molecule has 0 aliphatic carbocycles. The minimum absolute atomic E-state index is 0.413. The summed E-state index contributed by atoms with van der Waals surface area (Å²) in [6, 6.07) is 13.4. The van der Waals surface area contributed by atoms with Crippen LogP contribution in [0.4, 0.5) is 23.0 Å². The predicted molar refractivity (Wildman–Crippen MR) is 109 cm³/mol. The van der Waals surface area contributed by atoms with Crippen molar-refractivity contribution in [2.45, 2.75) is 12.8 Å². The average Bonchev–Trinajstić information content (AvgIpc) is 2.96. The van der Waals surface area contributed by atoms with E-state index in [9.17, 15) is 9.90 Å². The Morgan fingerprint density at radius 1 is 1.21 bits per heavy atom. The second-order valence-corrected chi connectivity index (χ2v) is 7.49. The van der Waals surface area contributed by atoms with Gasteiger partial charge in [-0.25, -0.2) is 9.13 Å². The van der Waals surface area contributed by atoms with Gasteiger partial charge in [0.15, 0.2) is 0 Å². The first-order valence-corrected chi connectivity index (χ1v) is 9.65. The van der Waals surface area contributed by atoms with Gasteiger partial charge in [0.1, 0.15) is 16.7 Å². The number of anilines is 2. The number of piperidine rings is 1. The number of fused-ring (bicyclic) bond motifs is 1. The molecule has 1 saturated heterocycles. The number of hydrogen-bond donors (Lipinski definition) is 1. The van der Waals surface area contributed by atoms with Crippen LogP contribution in [0.15, 0.2) is 52.7 Å². The Kier molecular flexibility index (Phi) is 4.92. The molecule has 0 spiro atoms. The minimum atomic E-state index is -0.968. The van der Waals surface area contributed by atoms with Gasteiger partial charge in [-0.3, -0.25) is 0 Å². The number of aliphatic carboxylic acids is 1. The molecule has 2 N–H and O–H groups in total. The lowest BCUT2D eigenvalue weighted by Gasteiger charge is -2.34. The molecular weight excluding hydrogens is 368 g/mol. The number of nitrogens with zero attached hydrogens (tertiary/aromatic N) is 5. The summed E-state index contributed by atoms with van der Waals surface area (Å²) in [5, 5.41) is 20.0. The zero-order valence-corrected chi connectivity index (χ0v) is 16.6. The highest BCUT2D eigenvalue weighted by Crippen LogP contribution is 2.26. The van der Waals surface area contributed by atoms with E-state index < -0.39 is 11.9 Å². The minimum Gasteiger partial charge on any atom is -0.550 e. The number of azo groups is 1. The topological polar surface area (TPSA) is 103 Å². The number of carboxylic acid groups (broad SMARTS) is 1. The Balaban J connectivity index is 1.54. The molecule has 1 aromatic heterocycles. The number of rotatable bonds is 4. The monoisotopic (exact) mass is 392 g/mol. The van der Waals surface area contributed by atoms with Gasteiger partial charge in [0.2, 0.25) is 0 Å². The van der Waals surface area contributed by atoms with Crippen LogP contribution >= 0.6 is 0 Å². The quantitative estimate of drug-likeness (QED) is 0.416. The first kappa shape index (κ1) is 18.9. The molecule has 8 heteroatoms. The SMILES string of the molecule is Cn1c(N=Nc2ccc(N3CCCC(C(=O)[O-])C3)cc2)[n+](C)c2ccc(N)cc21. The molecule has 4 rings (SSSR count). The molecule has 1 aliphatic heterocycles. The van der Waals surface area contributed by atoms with Gasteiger partial charge < -0.3 is 20.5 Å². The lowest BCUT2D eigenvalue weighted by molar-refractivity contribution is -0.632. The molecule has 0 amide bonds. The van der Waals surface area contributed by atoms with Gasteiger partial charge in [-0.1, -0.05) is 5.11 Å². The Bertz CT molecular complexity index is 1090. The van der Waals surface area contributed by atoms with Crippen molar-refractivity contribution < 1.29 is 14.5 Å². The lowest BCUT2D eigenvalue weighted by Crippen LogP contribution is -2.43. The van der Waals surface area contributed by atoms with Crippen LogP contribution in [-0.4, -0.2) is 23.6 Å². The number of aryl methyl sites for hydroxylation is 2. The maximum atomic E-state index is 11.2. The van der Waals surface area contributed by atoms with Gasteiger partial charge in [0, 0.05) is 47.5 Å². The molecule has 29 heavy (non-hydrogen) atoms. The van der Waals surface area contributed by atoms with Crippen LogP contribution < -0.4 is 20.3 Å². The highest BCUT2D eigenvalue weighted by atomic mass is 16.4. The van der Waals surface area contributed by atoms with Crippen molar-refractivity contribution in [3.05, 3.63) is 42.5 Å². The summed E-state index contributed by atoms with van der Waals surface area (Å²) in [7, 11) is 3.88. The van der Waals surface area contributed by atoms with Crippen LogP contribution in [0.1, 0.15) is 12.8 Å². The van der Waals surface area contributed by atoms with Crippen molar-refractivity contribution in [2.24, 2.45) is 30.2 Å². The van der Waals surface area contributed by atoms with Crippen LogP contribution in [0, 0.1) is 5.92 Å². The Morgan fingerprint density at radius 2 is 1.97 bits per heavy atom. The van der Waals surface area contributed by atoms with Crippen molar-refractivity contribution >= 4 is 40.0 Å². The molecular formula is C21H24N6O2. The number of hydrogen-bond acceptors (Lipinski definition) is 6. The first-order chi connectivity index (χ1) is 13.9. The number of nitrogen functional groups attached to an aromatic ring is 1. The number of carbonyl (C=O) groups excluding carboxylic acids is 1. The van der Waals surface area contributed by atoms with E-state index in [2.05, 4.69) is 15.1 Å². The van der Waals surface area contributed by atoms with E-state index in [4.69, 9.17) is 5.73 Å². The Labute approximate surface area is 168 Å². The normalized spacial score (nSPS) is 17.3. The first-order valence-electron chi connectivity index (χ1n) is 9.65. The number of carboxylic acids is 1. The zero-order valence-electron chi connectivity index (χ0n) is 16.6. The summed E-state index contributed by atoms with van der Waals surface area (Å²) in [5.74, 6) is -0.671. The number of benzene rings is 2. The standard InChI is InChI=1S/C21H24N6O2/c1-25-18-10-5-15(22)12-19(18)26(2)21(25)24-23-16-6-8-17(9-7-16)27-11-3-4-14(13-27)20(28)29/h5-10,12,14H,3-4,11,13H2,1-2H3,(H2-,22,23,28,29). The summed E-state index contributed by atoms with van der Waals surface area (Å²) in [6.07, 6.45) is 1.53. The average molecular weight is 392 g/mol. The molecule has 1 atom stereocenters. The fourth-order valence-electron chi connectivity index (χ4n) is 3.90. The number of aromatic nitrogens is 2. The van der Waals surface area contributed by atoms with Gasteiger partial charge >= 0.3 is 5.95 Å². The Hall–Kier alpha value is -3.42. The largest absolute Gasteiger partial charge is 0.550 e. The van der Waals surface area contributed by atoms with Gasteiger partial charge in [-0.05, 0) is 49.2 Å². The van der Waals surface area contributed by atoms with Crippen molar-refractivity contribution in [2.75, 3.05) is 23.7 Å². The van der Waals surface area contributed by atoms with E-state index in [-0.39, 0.29) is 0 Å². The second kappa shape index (κ2) is 7.54. The van der Waals surface area contributed by atoms with E-state index in [1.165, 1.54) is 0 Å². The highest BCUT2D eigenvalue weighted by Gasteiger charge is 2.21. The third-order valence-electron chi connectivity index (χ3n) is 5.55. The van der Waals surface area contributed by atoms with Gasteiger partial charge in [-0.15, -0.1) is 0 Å². The fourth-order valence-corrected chi connectivity index (χ4v) is 3.90. The van der Waals surface area contributed by atoms with Crippen molar-refractivity contribution in [1.82, 2.24) is 4.57 Å². The molecule has 2 heterocycles. The maximum Gasteiger partial charge on any atom is 0.422 e. The maximum absolute atomic E-state index is 11.2. The van der Waals surface area contributed by atoms with E-state index in [1.807, 2.05) is 65.7 Å². The summed E-state index contributed by atoms with van der Waals surface area (Å²) in [5.41, 5.74) is 10.3. The molecule has 0 radical (unpaired) electrons. The summed E-state index contributed by atoms with van der Waals surface area (Å²) < 4.78 is 3.93. The van der Waals surface area contributed by atoms with Crippen LogP contribution in [0.2, 0.25) is 0 Å². The lowest BCUT2D eigenvalue weighted by atomic mass is 9.98. The van der Waals surface area contributed by atoms with Crippen LogP contribution in [0.3, 0.4) is 0 Å². The Morgan fingerprint density at radius 3 is 2.69 bits per heavy atom. The highest BCUT2D eigenvalue weighted by molar-refractivity contribution is 5.77. The van der Waals surface area contributed by atoms with Crippen LogP contribution in [0.5, 0.6) is 0 Å². The fraction of sp³-hybridized carbons (Fsp3) is 0.333. The number of imidazole rings is 1. The summed E-state index contributed by atoms with van der Waals surface area (Å²) in [4.78, 5) is 13.3. The van der Waals surface area contributed by atoms with E-state index >= 15 is 0 Å². The zero-order chi connectivity index (χ0) is 20.5. The summed E-state index contributed by atoms with van der Waals surface area (Å²) >= 11 is 0. The molecule has 8 nitrogen and oxygen atoms in total. The smallest absolute Gasteiger partial charge is 0.422 e. The van der Waals surface area contributed by atoms with Gasteiger partial charge in [-0.2, -0.15) is 0 Å². The third kappa shape index (κ3) is 3.65. The van der Waals surface area contributed by atoms with Gasteiger partial charge in [0.25, 0.3) is 0 Å². The van der Waals surface area contributed by atoms with Crippen molar-refractivity contribution in [3.63, 3.8) is 0 Å². The third-order valence-corrected chi connectivity index (χ3v) is 5.55. The molecule has 1 aliphatic rings. The summed E-state index contributed by atoms with van der Waals surface area (Å²) in [6.45, 7) is 1.33. The van der Waals surface area contributed by atoms with Gasteiger partial charge in [0.05, 0.1) is 14.1 Å². The molecule has 0 bridgehead atoms. The molecule has 2 aromatic carbocycles. The number of carbonyl (C=O) groups is 1. The van der Waals surface area contributed by atoms with Crippen molar-refractivity contribution in [1.29, 1.82) is 0 Å². The van der Waals surface area contributed by atoms with E-state index in [0.717, 1.165) is 35.4 Å². The molecule has 1 unspecified atom stereocenters. The van der Waals surface area contributed by atoms with E-state index in [0.29, 0.717) is 24.6 Å². The van der Waals surface area contributed by atoms with Crippen LogP contribution in [0.25, 0.3) is 11.0 Å². The predicted octanol–water partition coefficient (Wildman–Crippen LogP) is 1.97. The molecule has 1 fully saturated rings. The molecule has 3 aromatic rings. The van der Waals surface area contributed by atoms with Crippen LogP contribution in [-0.2, 0) is 18.9 Å². The number of nitrogens with two attached hydrogens (primary N) is 1. The molecule has 150 valence electrons.